The highest BCUT2D eigenvalue weighted by molar-refractivity contribution is 7.14. The third-order valence-electron chi connectivity index (χ3n) is 5.48. The molecule has 1 unspecified atom stereocenters. The number of carbonyl (C=O) groups excluding carboxylic acids is 3. The molecule has 0 bridgehead atoms. The van der Waals surface area contributed by atoms with Gasteiger partial charge in [0.2, 0.25) is 5.78 Å². The summed E-state index contributed by atoms with van der Waals surface area (Å²) >= 11 is 1.22. The molecule has 1 N–H and O–H groups in total. The Morgan fingerprint density at radius 1 is 1.12 bits per heavy atom. The molecule has 1 aliphatic heterocycles. The van der Waals surface area contributed by atoms with Crippen molar-refractivity contribution in [3.8, 4) is 0 Å². The van der Waals surface area contributed by atoms with Gasteiger partial charge in [0, 0.05) is 5.69 Å². The number of aromatic nitrogens is 1. The number of nitrogens with zero attached hydrogens (tertiary/aromatic N) is 2. The summed E-state index contributed by atoms with van der Waals surface area (Å²) < 4.78 is 5.23. The quantitative estimate of drug-likeness (QED) is 0.376. The number of aryl methyl sites for hydroxylation is 2. The number of hydrogen-bond donors (Lipinski definition) is 1. The van der Waals surface area contributed by atoms with Crippen LogP contribution in [0.2, 0.25) is 0 Å². The molecule has 4 rings (SSSR count). The van der Waals surface area contributed by atoms with Gasteiger partial charge in [-0.3, -0.25) is 14.5 Å². The second-order valence-corrected chi connectivity index (χ2v) is 9.12. The largest absolute Gasteiger partial charge is 0.503 e. The highest BCUT2D eigenvalue weighted by Crippen LogP contribution is 2.42. The molecule has 1 aliphatic rings. The number of carbonyl (C=O) groups is 3. The Morgan fingerprint density at radius 2 is 1.85 bits per heavy atom. The molecule has 2 aromatic carbocycles. The minimum Gasteiger partial charge on any atom is -0.503 e. The van der Waals surface area contributed by atoms with Crippen molar-refractivity contribution in [1.29, 1.82) is 0 Å². The fourth-order valence-electron chi connectivity index (χ4n) is 3.98. The lowest BCUT2D eigenvalue weighted by atomic mass is 9.94. The zero-order valence-corrected chi connectivity index (χ0v) is 19.9. The van der Waals surface area contributed by atoms with Crippen molar-refractivity contribution < 1.29 is 24.2 Å². The lowest BCUT2D eigenvalue weighted by Crippen LogP contribution is -2.31. The first-order chi connectivity index (χ1) is 16.3. The summed E-state index contributed by atoms with van der Waals surface area (Å²) in [4.78, 5) is 45.4. The highest BCUT2D eigenvalue weighted by atomic mass is 32.1. The Morgan fingerprint density at radius 3 is 2.50 bits per heavy atom. The lowest BCUT2D eigenvalue weighted by Gasteiger charge is -2.27. The fraction of sp³-hybridized carbons (Fsp3) is 0.231. The van der Waals surface area contributed by atoms with Crippen LogP contribution in [0.1, 0.15) is 55.7 Å². The molecule has 0 saturated heterocycles. The van der Waals surface area contributed by atoms with Gasteiger partial charge >= 0.3 is 5.97 Å². The second kappa shape index (κ2) is 9.61. The summed E-state index contributed by atoms with van der Waals surface area (Å²) in [6.07, 6.45) is 0.686. The number of thiazole rings is 1. The number of Topliss-reactive ketones (excluding diaryl/α,β-unsaturated/α-hetero) is 1. The molecule has 1 atom stereocenters. The number of aliphatic hydroxyl groups is 1. The van der Waals surface area contributed by atoms with Gasteiger partial charge in [-0.15, -0.1) is 11.3 Å². The average molecular weight is 477 g/mol. The number of benzene rings is 2. The van der Waals surface area contributed by atoms with Gasteiger partial charge in [-0.05, 0) is 44.0 Å². The van der Waals surface area contributed by atoms with Gasteiger partial charge in [0.05, 0.1) is 39.4 Å². The van der Waals surface area contributed by atoms with Crippen LogP contribution < -0.4 is 4.90 Å². The van der Waals surface area contributed by atoms with Crippen molar-refractivity contribution in [2.24, 2.45) is 0 Å². The SMILES string of the molecule is CCCOC(=O)c1cccc(N2C(=O)C(O)=C(C(=O)c3sc(C)nc3C)C2c2ccccc2)c1. The Labute approximate surface area is 201 Å². The summed E-state index contributed by atoms with van der Waals surface area (Å²) in [5.41, 5.74) is 1.84. The van der Waals surface area contributed by atoms with Gasteiger partial charge in [-0.1, -0.05) is 43.3 Å². The van der Waals surface area contributed by atoms with Gasteiger partial charge in [0.15, 0.2) is 5.76 Å². The molecule has 0 radical (unpaired) electrons. The molecule has 1 amide bonds. The molecule has 8 heteroatoms. The Balaban J connectivity index is 1.82. The zero-order valence-electron chi connectivity index (χ0n) is 19.1. The molecule has 0 aliphatic carbocycles. The number of hydrogen-bond acceptors (Lipinski definition) is 7. The number of esters is 1. The van der Waals surface area contributed by atoms with Gasteiger partial charge in [-0.2, -0.15) is 0 Å². The molecule has 0 spiro atoms. The molecule has 34 heavy (non-hydrogen) atoms. The third-order valence-corrected chi connectivity index (χ3v) is 6.55. The molecule has 174 valence electrons. The summed E-state index contributed by atoms with van der Waals surface area (Å²) in [5.74, 6) is -2.27. The summed E-state index contributed by atoms with van der Waals surface area (Å²) in [6, 6.07) is 14.6. The number of ether oxygens (including phenoxy) is 1. The van der Waals surface area contributed by atoms with Crippen molar-refractivity contribution in [3.63, 3.8) is 0 Å². The van der Waals surface area contributed by atoms with Gasteiger partial charge in [-0.25, -0.2) is 9.78 Å². The summed E-state index contributed by atoms with van der Waals surface area (Å²) in [5, 5.41) is 11.6. The van der Waals surface area contributed by atoms with E-state index in [4.69, 9.17) is 4.74 Å². The van der Waals surface area contributed by atoms with Crippen molar-refractivity contribution in [1.82, 2.24) is 4.98 Å². The van der Waals surface area contributed by atoms with Crippen molar-refractivity contribution in [3.05, 3.63) is 92.6 Å². The van der Waals surface area contributed by atoms with Gasteiger partial charge < -0.3 is 9.84 Å². The molecule has 2 heterocycles. The first-order valence-corrected chi connectivity index (χ1v) is 11.7. The number of rotatable bonds is 7. The predicted octanol–water partition coefficient (Wildman–Crippen LogP) is 5.11. The van der Waals surface area contributed by atoms with E-state index in [0.717, 1.165) is 5.01 Å². The normalized spacial score (nSPS) is 15.7. The Kier molecular flexibility index (Phi) is 6.61. The zero-order chi connectivity index (χ0) is 24.4. The number of amides is 1. The highest BCUT2D eigenvalue weighted by Gasteiger charge is 2.45. The van der Waals surface area contributed by atoms with Crippen LogP contribution in [-0.4, -0.2) is 34.4 Å². The molecular weight excluding hydrogens is 452 g/mol. The number of ketones is 1. The van der Waals surface area contributed by atoms with E-state index in [1.54, 1.807) is 56.3 Å². The van der Waals surface area contributed by atoms with Gasteiger partial charge in [0.25, 0.3) is 5.91 Å². The van der Waals surface area contributed by atoms with Crippen LogP contribution in [-0.2, 0) is 9.53 Å². The van der Waals surface area contributed by atoms with E-state index in [9.17, 15) is 19.5 Å². The second-order valence-electron chi connectivity index (χ2n) is 7.91. The Hall–Kier alpha value is -3.78. The molecular formula is C26H24N2O5S. The smallest absolute Gasteiger partial charge is 0.338 e. The maximum Gasteiger partial charge on any atom is 0.338 e. The Bertz CT molecular complexity index is 1300. The van der Waals surface area contributed by atoms with E-state index < -0.39 is 29.5 Å². The lowest BCUT2D eigenvalue weighted by molar-refractivity contribution is -0.117. The van der Waals surface area contributed by atoms with Crippen LogP contribution in [0.5, 0.6) is 0 Å². The van der Waals surface area contributed by atoms with Crippen LogP contribution in [0.25, 0.3) is 0 Å². The van der Waals surface area contributed by atoms with Gasteiger partial charge in [0.1, 0.15) is 0 Å². The third kappa shape index (κ3) is 4.24. The molecule has 0 saturated carbocycles. The van der Waals surface area contributed by atoms with E-state index in [1.165, 1.54) is 22.3 Å². The minimum absolute atomic E-state index is 0.0121. The average Bonchev–Trinajstić information content (AvgIpc) is 3.32. The summed E-state index contributed by atoms with van der Waals surface area (Å²) in [6.45, 7) is 5.71. The minimum atomic E-state index is -0.870. The van der Waals surface area contributed by atoms with Crippen LogP contribution in [0, 0.1) is 13.8 Å². The first-order valence-electron chi connectivity index (χ1n) is 10.9. The molecule has 1 aromatic heterocycles. The van der Waals surface area contributed by atoms with Crippen LogP contribution in [0.3, 0.4) is 0 Å². The first kappa shape index (κ1) is 23.4. The van der Waals surface area contributed by atoms with E-state index >= 15 is 0 Å². The van der Waals surface area contributed by atoms with Crippen LogP contribution in [0.15, 0.2) is 65.9 Å². The van der Waals surface area contributed by atoms with E-state index in [1.807, 2.05) is 13.0 Å². The van der Waals surface area contributed by atoms with Crippen LogP contribution >= 0.6 is 11.3 Å². The fourth-order valence-corrected chi connectivity index (χ4v) is 4.85. The van der Waals surface area contributed by atoms with Crippen molar-refractivity contribution in [2.75, 3.05) is 11.5 Å². The number of anilines is 1. The summed E-state index contributed by atoms with van der Waals surface area (Å²) in [7, 11) is 0. The molecule has 3 aromatic rings. The molecule has 0 fully saturated rings. The number of aliphatic hydroxyl groups excluding tert-OH is 1. The topological polar surface area (TPSA) is 96.8 Å². The van der Waals surface area contributed by atoms with E-state index in [0.29, 0.717) is 28.2 Å². The van der Waals surface area contributed by atoms with E-state index in [-0.39, 0.29) is 17.7 Å². The van der Waals surface area contributed by atoms with Crippen molar-refractivity contribution in [2.45, 2.75) is 33.2 Å². The standard InChI is InChI=1S/C26H24N2O5S/c1-4-13-33-26(32)18-11-8-12-19(14-18)28-21(17-9-6-5-7-10-17)20(23(30)25(28)31)22(29)24-15(2)27-16(3)34-24/h5-12,14,21,30H,4,13H2,1-3H3. The monoisotopic (exact) mass is 476 g/mol. The van der Waals surface area contributed by atoms with Crippen LogP contribution in [0.4, 0.5) is 5.69 Å². The van der Waals surface area contributed by atoms with E-state index in [2.05, 4.69) is 4.98 Å². The maximum atomic E-state index is 13.6. The predicted molar refractivity (Wildman–Crippen MR) is 129 cm³/mol. The van der Waals surface area contributed by atoms with Crippen molar-refractivity contribution >= 4 is 34.7 Å². The molecule has 7 nitrogen and oxygen atoms in total. The maximum absolute atomic E-state index is 13.6.